The second kappa shape index (κ2) is 6.57. The Morgan fingerprint density at radius 3 is 2.65 bits per heavy atom. The molecule has 2 aromatic carbocycles. The predicted octanol–water partition coefficient (Wildman–Crippen LogP) is 4.56. The van der Waals surface area contributed by atoms with Crippen LogP contribution < -0.4 is 10.1 Å². The molecule has 1 N–H and O–H groups in total. The SMILES string of the molecule is CNC(c1cc(Cl)cc(Br)c1)c1cccc(OC)c1F. The van der Waals surface area contributed by atoms with Crippen LogP contribution >= 0.6 is 27.5 Å². The van der Waals surface area contributed by atoms with E-state index in [9.17, 15) is 4.39 Å². The first-order valence-electron chi connectivity index (χ1n) is 6.02. The van der Waals surface area contributed by atoms with Crippen molar-refractivity contribution < 1.29 is 9.13 Å². The van der Waals surface area contributed by atoms with Crippen LogP contribution in [0.15, 0.2) is 40.9 Å². The van der Waals surface area contributed by atoms with Crippen molar-refractivity contribution in [1.82, 2.24) is 5.32 Å². The van der Waals surface area contributed by atoms with Gasteiger partial charge in [0.2, 0.25) is 0 Å². The van der Waals surface area contributed by atoms with Gasteiger partial charge in [0, 0.05) is 15.1 Å². The third-order valence-electron chi connectivity index (χ3n) is 3.03. The lowest BCUT2D eigenvalue weighted by atomic mass is 9.98. The van der Waals surface area contributed by atoms with Crippen LogP contribution in [0.25, 0.3) is 0 Å². The van der Waals surface area contributed by atoms with Gasteiger partial charge in [-0.25, -0.2) is 4.39 Å². The maximum atomic E-state index is 14.4. The first-order valence-corrected chi connectivity index (χ1v) is 7.19. The molecule has 0 aliphatic rings. The van der Waals surface area contributed by atoms with Crippen LogP contribution in [0.1, 0.15) is 17.2 Å². The predicted molar refractivity (Wildman–Crippen MR) is 83.0 cm³/mol. The Kier molecular flexibility index (Phi) is 5.02. The van der Waals surface area contributed by atoms with E-state index in [0.29, 0.717) is 10.6 Å². The number of hydrogen-bond acceptors (Lipinski definition) is 2. The molecule has 1 atom stereocenters. The number of ether oxygens (including phenoxy) is 1. The van der Waals surface area contributed by atoms with Crippen molar-refractivity contribution in [3.63, 3.8) is 0 Å². The molecule has 1 unspecified atom stereocenters. The molecule has 0 amide bonds. The van der Waals surface area contributed by atoms with E-state index in [-0.39, 0.29) is 17.6 Å². The summed E-state index contributed by atoms with van der Waals surface area (Å²) in [4.78, 5) is 0. The molecule has 0 aliphatic carbocycles. The summed E-state index contributed by atoms with van der Waals surface area (Å²) in [6.45, 7) is 0. The average molecular weight is 359 g/mol. The zero-order chi connectivity index (χ0) is 14.7. The Bertz CT molecular complexity index is 601. The van der Waals surface area contributed by atoms with E-state index in [1.54, 1.807) is 31.3 Å². The van der Waals surface area contributed by atoms with E-state index in [1.807, 2.05) is 12.1 Å². The zero-order valence-corrected chi connectivity index (χ0v) is 13.4. The minimum absolute atomic E-state index is 0.226. The third-order valence-corrected chi connectivity index (χ3v) is 3.71. The van der Waals surface area contributed by atoms with Crippen LogP contribution in [0.2, 0.25) is 5.02 Å². The molecule has 2 nitrogen and oxygen atoms in total. The van der Waals surface area contributed by atoms with Gasteiger partial charge in [0.15, 0.2) is 11.6 Å². The van der Waals surface area contributed by atoms with Gasteiger partial charge < -0.3 is 10.1 Å². The van der Waals surface area contributed by atoms with Crippen molar-refractivity contribution in [2.75, 3.05) is 14.2 Å². The lowest BCUT2D eigenvalue weighted by Gasteiger charge is -2.19. The highest BCUT2D eigenvalue weighted by molar-refractivity contribution is 9.10. The van der Waals surface area contributed by atoms with Crippen LogP contribution in [0.3, 0.4) is 0 Å². The summed E-state index contributed by atoms with van der Waals surface area (Å²) >= 11 is 9.46. The molecule has 0 radical (unpaired) electrons. The molecule has 2 rings (SSSR count). The number of benzene rings is 2. The molecule has 2 aromatic rings. The first kappa shape index (κ1) is 15.3. The molecule has 0 spiro atoms. The van der Waals surface area contributed by atoms with Crippen molar-refractivity contribution in [2.45, 2.75) is 6.04 Å². The van der Waals surface area contributed by atoms with Crippen molar-refractivity contribution in [1.29, 1.82) is 0 Å². The fraction of sp³-hybridized carbons (Fsp3) is 0.200. The molecule has 0 saturated heterocycles. The number of hydrogen-bond donors (Lipinski definition) is 1. The molecule has 0 aromatic heterocycles. The molecule has 0 fully saturated rings. The van der Waals surface area contributed by atoms with Crippen molar-refractivity contribution >= 4 is 27.5 Å². The van der Waals surface area contributed by atoms with Crippen LogP contribution in [-0.2, 0) is 0 Å². The first-order chi connectivity index (χ1) is 9.56. The minimum Gasteiger partial charge on any atom is -0.494 e. The standard InChI is InChI=1S/C15H14BrClFNO/c1-19-15(9-6-10(16)8-11(17)7-9)12-4-3-5-13(20-2)14(12)18/h3-8,15,19H,1-2H3. The monoisotopic (exact) mass is 357 g/mol. The number of methoxy groups -OCH3 is 1. The highest BCUT2D eigenvalue weighted by Crippen LogP contribution is 2.31. The van der Waals surface area contributed by atoms with Crippen LogP contribution in [-0.4, -0.2) is 14.2 Å². The summed E-state index contributed by atoms with van der Waals surface area (Å²) < 4.78 is 20.3. The normalized spacial score (nSPS) is 12.2. The Labute approximate surface area is 131 Å². The number of rotatable bonds is 4. The lowest BCUT2D eigenvalue weighted by Crippen LogP contribution is -2.19. The third kappa shape index (κ3) is 3.14. The number of halogens is 3. The van der Waals surface area contributed by atoms with Crippen LogP contribution in [0.4, 0.5) is 4.39 Å². The summed E-state index contributed by atoms with van der Waals surface area (Å²) in [5.74, 6) is -0.144. The second-order valence-electron chi connectivity index (χ2n) is 4.29. The van der Waals surface area contributed by atoms with E-state index in [1.165, 1.54) is 7.11 Å². The lowest BCUT2D eigenvalue weighted by molar-refractivity contribution is 0.382. The number of nitrogens with one attached hydrogen (secondary N) is 1. The van der Waals surface area contributed by atoms with E-state index >= 15 is 0 Å². The van der Waals surface area contributed by atoms with Gasteiger partial charge in [-0.05, 0) is 36.9 Å². The van der Waals surface area contributed by atoms with Gasteiger partial charge in [-0.15, -0.1) is 0 Å². The van der Waals surface area contributed by atoms with Crippen LogP contribution in [0.5, 0.6) is 5.75 Å². The smallest absolute Gasteiger partial charge is 0.170 e. The van der Waals surface area contributed by atoms with E-state index in [0.717, 1.165) is 10.0 Å². The van der Waals surface area contributed by atoms with Gasteiger partial charge in [-0.1, -0.05) is 39.7 Å². The van der Waals surface area contributed by atoms with Gasteiger partial charge in [0.05, 0.1) is 13.2 Å². The Morgan fingerprint density at radius 1 is 1.30 bits per heavy atom. The quantitative estimate of drug-likeness (QED) is 0.865. The van der Waals surface area contributed by atoms with Crippen LogP contribution in [0, 0.1) is 5.82 Å². The zero-order valence-electron chi connectivity index (χ0n) is 11.1. The average Bonchev–Trinajstić information content (AvgIpc) is 2.40. The molecular formula is C15H14BrClFNO. The van der Waals surface area contributed by atoms with Gasteiger partial charge in [0.25, 0.3) is 0 Å². The largest absolute Gasteiger partial charge is 0.494 e. The molecule has 0 saturated carbocycles. The maximum Gasteiger partial charge on any atom is 0.170 e. The van der Waals surface area contributed by atoms with Gasteiger partial charge >= 0.3 is 0 Å². The van der Waals surface area contributed by atoms with E-state index in [4.69, 9.17) is 16.3 Å². The highest BCUT2D eigenvalue weighted by Gasteiger charge is 2.19. The summed E-state index contributed by atoms with van der Waals surface area (Å²) in [6, 6.07) is 10.3. The van der Waals surface area contributed by atoms with Gasteiger partial charge in [-0.2, -0.15) is 0 Å². The molecule has 20 heavy (non-hydrogen) atoms. The maximum absolute atomic E-state index is 14.4. The van der Waals surface area contributed by atoms with Crippen molar-refractivity contribution in [2.24, 2.45) is 0 Å². The van der Waals surface area contributed by atoms with E-state index in [2.05, 4.69) is 21.2 Å². The highest BCUT2D eigenvalue weighted by atomic mass is 79.9. The summed E-state index contributed by atoms with van der Waals surface area (Å²) in [5, 5.41) is 3.70. The topological polar surface area (TPSA) is 21.3 Å². The molecule has 5 heteroatoms. The molecule has 0 aliphatic heterocycles. The van der Waals surface area contributed by atoms with Crippen molar-refractivity contribution in [3.05, 3.63) is 62.8 Å². The molecule has 0 bridgehead atoms. The summed E-state index contributed by atoms with van der Waals surface area (Å²) in [7, 11) is 3.23. The molecule has 0 heterocycles. The van der Waals surface area contributed by atoms with E-state index < -0.39 is 0 Å². The van der Waals surface area contributed by atoms with Gasteiger partial charge in [0.1, 0.15) is 0 Å². The Hall–Kier alpha value is -1.10. The van der Waals surface area contributed by atoms with Gasteiger partial charge in [-0.3, -0.25) is 0 Å². The molecule has 106 valence electrons. The fourth-order valence-electron chi connectivity index (χ4n) is 2.15. The minimum atomic E-state index is -0.370. The Morgan fingerprint density at radius 2 is 2.05 bits per heavy atom. The summed E-state index contributed by atoms with van der Waals surface area (Å²) in [5.41, 5.74) is 1.39. The second-order valence-corrected chi connectivity index (χ2v) is 5.64. The fourth-order valence-corrected chi connectivity index (χ4v) is 3.04. The molecular weight excluding hydrogens is 345 g/mol. The Balaban J connectivity index is 2.52. The van der Waals surface area contributed by atoms with Crippen molar-refractivity contribution in [3.8, 4) is 5.75 Å². The summed E-state index contributed by atoms with van der Waals surface area (Å²) in [6.07, 6.45) is 0.